The van der Waals surface area contributed by atoms with Gasteiger partial charge in [0, 0.05) is 6.04 Å². The van der Waals surface area contributed by atoms with Gasteiger partial charge in [-0.25, -0.2) is 0 Å². The highest BCUT2D eigenvalue weighted by Gasteiger charge is 2.19. The average molecular weight is 294 g/mol. The normalized spacial score (nSPS) is 13.8. The molecule has 1 aromatic heterocycles. The molecule has 0 saturated carbocycles. The van der Waals surface area contributed by atoms with Crippen LogP contribution in [0.5, 0.6) is 0 Å². The largest absolute Gasteiger partial charge is 0.389 e. The number of nitrogens with zero attached hydrogens (tertiary/aromatic N) is 2. The molecular formula is C15H26N4S. The maximum absolute atomic E-state index is 5.92. The molecule has 0 aliphatic carbocycles. The second-order valence-electron chi connectivity index (χ2n) is 5.24. The minimum Gasteiger partial charge on any atom is -0.389 e. The van der Waals surface area contributed by atoms with E-state index in [2.05, 4.69) is 50.1 Å². The van der Waals surface area contributed by atoms with E-state index in [4.69, 9.17) is 18.0 Å². The molecule has 3 N–H and O–H groups in total. The van der Waals surface area contributed by atoms with Gasteiger partial charge in [-0.1, -0.05) is 46.3 Å². The number of anilines is 1. The van der Waals surface area contributed by atoms with Crippen molar-refractivity contribution in [2.24, 2.45) is 11.7 Å². The molecule has 0 bridgehead atoms. The first kappa shape index (κ1) is 16.8. The molecule has 0 saturated heterocycles. The number of nitrogens with two attached hydrogens (primary N) is 1. The summed E-state index contributed by atoms with van der Waals surface area (Å²) in [5.74, 6) is 1.27. The van der Waals surface area contributed by atoms with E-state index in [1.165, 1.54) is 0 Å². The van der Waals surface area contributed by atoms with Crippen molar-refractivity contribution in [3.05, 3.63) is 16.8 Å². The Bertz CT molecular complexity index is 473. The highest BCUT2D eigenvalue weighted by molar-refractivity contribution is 7.80. The van der Waals surface area contributed by atoms with Crippen LogP contribution < -0.4 is 11.1 Å². The lowest BCUT2D eigenvalue weighted by Crippen LogP contribution is -2.27. The molecule has 20 heavy (non-hydrogen) atoms. The van der Waals surface area contributed by atoms with Gasteiger partial charge in [-0.2, -0.15) is 5.10 Å². The molecule has 2 atom stereocenters. The van der Waals surface area contributed by atoms with Crippen molar-refractivity contribution in [3.63, 3.8) is 0 Å². The lowest BCUT2D eigenvalue weighted by atomic mass is 9.99. The summed E-state index contributed by atoms with van der Waals surface area (Å²) in [6.45, 7) is 10.7. The van der Waals surface area contributed by atoms with Crippen LogP contribution in [0.25, 0.3) is 0 Å². The van der Waals surface area contributed by atoms with Crippen molar-refractivity contribution in [1.29, 1.82) is 0 Å². The standard InChI is InChI=1S/C15H26N4S/c1-6-9(4)10(5)17-15-13(14(16)20)11(7-2)12(8-3)18-19-15/h9-10H,6-8H2,1-5H3,(H2,16,20)(H,17,19). The minimum atomic E-state index is 0.305. The lowest BCUT2D eigenvalue weighted by molar-refractivity contribution is 0.493. The van der Waals surface area contributed by atoms with E-state index in [0.717, 1.165) is 41.9 Å². The lowest BCUT2D eigenvalue weighted by Gasteiger charge is -2.23. The minimum absolute atomic E-state index is 0.305. The fraction of sp³-hybridized carbons (Fsp3) is 0.667. The van der Waals surface area contributed by atoms with Crippen LogP contribution in [0.4, 0.5) is 5.82 Å². The Morgan fingerprint density at radius 3 is 2.30 bits per heavy atom. The SMILES string of the molecule is CCc1nnc(NC(C)C(C)CC)c(C(N)=S)c1CC. The van der Waals surface area contributed by atoms with Crippen molar-refractivity contribution in [1.82, 2.24) is 10.2 Å². The molecule has 0 aromatic carbocycles. The highest BCUT2D eigenvalue weighted by atomic mass is 32.1. The van der Waals surface area contributed by atoms with Crippen molar-refractivity contribution in [2.45, 2.75) is 59.9 Å². The van der Waals surface area contributed by atoms with Crippen LogP contribution in [0.1, 0.15) is 57.9 Å². The van der Waals surface area contributed by atoms with Gasteiger partial charge < -0.3 is 11.1 Å². The summed E-state index contributed by atoms with van der Waals surface area (Å²) in [5.41, 5.74) is 8.89. The van der Waals surface area contributed by atoms with Crippen LogP contribution in [0.3, 0.4) is 0 Å². The predicted molar refractivity (Wildman–Crippen MR) is 89.2 cm³/mol. The van der Waals surface area contributed by atoms with E-state index < -0.39 is 0 Å². The Hall–Kier alpha value is -1.23. The third-order valence-corrected chi connectivity index (χ3v) is 4.16. The third-order valence-electron chi connectivity index (χ3n) is 3.95. The summed E-state index contributed by atoms with van der Waals surface area (Å²) in [6, 6.07) is 0.305. The van der Waals surface area contributed by atoms with E-state index in [9.17, 15) is 0 Å². The van der Waals surface area contributed by atoms with Gasteiger partial charge in [-0.15, -0.1) is 5.10 Å². The van der Waals surface area contributed by atoms with Gasteiger partial charge in [-0.3, -0.25) is 0 Å². The highest BCUT2D eigenvalue weighted by Crippen LogP contribution is 2.23. The number of rotatable bonds is 7. The summed E-state index contributed by atoms with van der Waals surface area (Å²) < 4.78 is 0. The summed E-state index contributed by atoms with van der Waals surface area (Å²) in [4.78, 5) is 0.394. The molecule has 0 aliphatic rings. The zero-order valence-electron chi connectivity index (χ0n) is 13.2. The first-order chi connectivity index (χ1) is 9.46. The second kappa shape index (κ2) is 7.53. The number of nitrogens with one attached hydrogen (secondary N) is 1. The molecule has 4 nitrogen and oxygen atoms in total. The van der Waals surface area contributed by atoms with Gasteiger partial charge in [0.15, 0.2) is 5.82 Å². The monoisotopic (exact) mass is 294 g/mol. The molecule has 112 valence electrons. The molecule has 1 heterocycles. The third kappa shape index (κ3) is 3.66. The van der Waals surface area contributed by atoms with Crippen LogP contribution in [-0.4, -0.2) is 21.2 Å². The Morgan fingerprint density at radius 1 is 1.20 bits per heavy atom. The Balaban J connectivity index is 3.23. The predicted octanol–water partition coefficient (Wildman–Crippen LogP) is 3.08. The number of hydrogen-bond acceptors (Lipinski definition) is 4. The maximum atomic E-state index is 5.92. The molecular weight excluding hydrogens is 268 g/mol. The van der Waals surface area contributed by atoms with Crippen LogP contribution in [-0.2, 0) is 12.8 Å². The van der Waals surface area contributed by atoms with Gasteiger partial charge >= 0.3 is 0 Å². The van der Waals surface area contributed by atoms with E-state index in [0.29, 0.717) is 16.9 Å². The van der Waals surface area contributed by atoms with Crippen LogP contribution in [0.15, 0.2) is 0 Å². The van der Waals surface area contributed by atoms with Crippen LogP contribution >= 0.6 is 12.2 Å². The molecule has 1 rings (SSSR count). The first-order valence-corrected chi connectivity index (χ1v) is 7.81. The summed E-state index contributed by atoms with van der Waals surface area (Å²) in [6.07, 6.45) is 2.81. The summed E-state index contributed by atoms with van der Waals surface area (Å²) >= 11 is 5.23. The fourth-order valence-corrected chi connectivity index (χ4v) is 2.47. The number of hydrogen-bond donors (Lipinski definition) is 2. The van der Waals surface area contributed by atoms with Crippen molar-refractivity contribution in [3.8, 4) is 0 Å². The van der Waals surface area contributed by atoms with Gasteiger partial charge in [-0.05, 0) is 31.2 Å². The van der Waals surface area contributed by atoms with Crippen molar-refractivity contribution >= 4 is 23.0 Å². The number of aryl methyl sites for hydroxylation is 1. The fourth-order valence-electron chi connectivity index (χ4n) is 2.25. The molecule has 0 radical (unpaired) electrons. The zero-order chi connectivity index (χ0) is 15.3. The van der Waals surface area contributed by atoms with E-state index in [1.54, 1.807) is 0 Å². The molecule has 5 heteroatoms. The van der Waals surface area contributed by atoms with Crippen molar-refractivity contribution < 1.29 is 0 Å². The van der Waals surface area contributed by atoms with Crippen LogP contribution in [0.2, 0.25) is 0 Å². The van der Waals surface area contributed by atoms with E-state index >= 15 is 0 Å². The number of aromatic nitrogens is 2. The molecule has 1 aromatic rings. The molecule has 0 fully saturated rings. The van der Waals surface area contributed by atoms with Gasteiger partial charge in [0.05, 0.1) is 11.3 Å². The topological polar surface area (TPSA) is 63.8 Å². The van der Waals surface area contributed by atoms with E-state index in [1.807, 2.05) is 0 Å². The maximum Gasteiger partial charge on any atom is 0.159 e. The summed E-state index contributed by atoms with van der Waals surface area (Å²) in [5, 5.41) is 12.1. The zero-order valence-corrected chi connectivity index (χ0v) is 14.0. The molecule has 0 aliphatic heterocycles. The average Bonchev–Trinajstić information content (AvgIpc) is 2.44. The Labute approximate surface area is 127 Å². The van der Waals surface area contributed by atoms with Gasteiger partial charge in [0.2, 0.25) is 0 Å². The van der Waals surface area contributed by atoms with E-state index in [-0.39, 0.29) is 0 Å². The molecule has 2 unspecified atom stereocenters. The van der Waals surface area contributed by atoms with Crippen molar-refractivity contribution in [2.75, 3.05) is 5.32 Å². The Morgan fingerprint density at radius 2 is 1.85 bits per heavy atom. The Kier molecular flexibility index (Phi) is 6.33. The quantitative estimate of drug-likeness (QED) is 0.757. The summed E-state index contributed by atoms with van der Waals surface area (Å²) in [7, 11) is 0. The van der Waals surface area contributed by atoms with Gasteiger partial charge in [0.1, 0.15) is 4.99 Å². The molecule has 0 spiro atoms. The smallest absolute Gasteiger partial charge is 0.159 e. The second-order valence-corrected chi connectivity index (χ2v) is 5.68. The number of thiocarbonyl (C=S) groups is 1. The van der Waals surface area contributed by atoms with Gasteiger partial charge in [0.25, 0.3) is 0 Å². The molecule has 0 amide bonds. The first-order valence-electron chi connectivity index (χ1n) is 7.40. The van der Waals surface area contributed by atoms with Crippen LogP contribution in [0, 0.1) is 5.92 Å².